The van der Waals surface area contributed by atoms with E-state index < -0.39 is 0 Å². The van der Waals surface area contributed by atoms with Crippen LogP contribution >= 0.6 is 0 Å². The summed E-state index contributed by atoms with van der Waals surface area (Å²) in [5.41, 5.74) is 2.42. The van der Waals surface area contributed by atoms with Gasteiger partial charge in [0.05, 0.1) is 21.3 Å². The van der Waals surface area contributed by atoms with Crippen molar-refractivity contribution >= 4 is 22.7 Å². The zero-order chi connectivity index (χ0) is 22.5. The lowest BCUT2D eigenvalue weighted by molar-refractivity contribution is -0.118. The van der Waals surface area contributed by atoms with E-state index in [4.69, 9.17) is 23.4 Å². The fourth-order valence-corrected chi connectivity index (χ4v) is 3.20. The molecule has 1 amide bonds. The number of rotatable bonds is 8. The summed E-state index contributed by atoms with van der Waals surface area (Å²) >= 11 is 0. The minimum Gasteiger partial charge on any atom is -0.493 e. The van der Waals surface area contributed by atoms with E-state index in [-0.39, 0.29) is 12.5 Å². The Morgan fingerprint density at radius 2 is 1.66 bits per heavy atom. The van der Waals surface area contributed by atoms with Crippen LogP contribution in [-0.2, 0) is 4.79 Å². The fraction of sp³-hybridized carbons (Fsp3) is 0.167. The van der Waals surface area contributed by atoms with Gasteiger partial charge >= 0.3 is 0 Å². The molecule has 8 nitrogen and oxygen atoms in total. The van der Waals surface area contributed by atoms with Crippen molar-refractivity contribution in [1.29, 1.82) is 0 Å². The van der Waals surface area contributed by atoms with Crippen LogP contribution in [0.3, 0.4) is 0 Å². The number of fused-ring (bicyclic) bond motifs is 1. The molecule has 0 radical (unpaired) electrons. The summed E-state index contributed by atoms with van der Waals surface area (Å²) in [5.74, 6) is 2.21. The van der Waals surface area contributed by atoms with Gasteiger partial charge in [-0.25, -0.2) is 4.98 Å². The summed E-state index contributed by atoms with van der Waals surface area (Å²) in [6.45, 7) is -0.0996. The normalized spacial score (nSPS) is 10.6. The van der Waals surface area contributed by atoms with Gasteiger partial charge in [-0.3, -0.25) is 4.79 Å². The van der Waals surface area contributed by atoms with E-state index >= 15 is 0 Å². The van der Waals surface area contributed by atoms with E-state index in [1.165, 1.54) is 0 Å². The van der Waals surface area contributed by atoms with Crippen molar-refractivity contribution in [3.05, 3.63) is 60.7 Å². The van der Waals surface area contributed by atoms with E-state index in [9.17, 15) is 4.79 Å². The first-order valence-electron chi connectivity index (χ1n) is 9.80. The van der Waals surface area contributed by atoms with Gasteiger partial charge in [0.25, 0.3) is 5.91 Å². The third-order valence-corrected chi connectivity index (χ3v) is 4.70. The number of nitrogens with one attached hydrogen (secondary N) is 1. The van der Waals surface area contributed by atoms with Crippen molar-refractivity contribution in [2.75, 3.05) is 33.3 Å². The number of hydrogen-bond donors (Lipinski definition) is 1. The summed E-state index contributed by atoms with van der Waals surface area (Å²) in [5, 5.41) is 2.80. The third kappa shape index (κ3) is 4.44. The van der Waals surface area contributed by atoms with Crippen LogP contribution in [0.4, 0.5) is 5.69 Å². The average Bonchev–Trinajstić information content (AvgIpc) is 3.26. The molecular weight excluding hydrogens is 412 g/mol. The SMILES string of the molecule is COc1cc(-c2nc3cc(NC(=O)COc4ccccc4)ccc3o2)cc(OC)c1OC. The van der Waals surface area contributed by atoms with Crippen molar-refractivity contribution in [2.24, 2.45) is 0 Å². The van der Waals surface area contributed by atoms with Crippen LogP contribution < -0.4 is 24.3 Å². The standard InChI is InChI=1S/C24H22N2O6/c1-28-20-11-15(12-21(29-2)23(20)30-3)24-26-18-13-16(9-10-19(18)32-24)25-22(27)14-31-17-7-5-4-6-8-17/h4-13H,14H2,1-3H3,(H,25,27). The highest BCUT2D eigenvalue weighted by Crippen LogP contribution is 2.41. The van der Waals surface area contributed by atoms with Crippen molar-refractivity contribution in [3.8, 4) is 34.5 Å². The number of oxazole rings is 1. The smallest absolute Gasteiger partial charge is 0.262 e. The minimum atomic E-state index is -0.276. The van der Waals surface area contributed by atoms with Crippen LogP contribution in [-0.4, -0.2) is 38.8 Å². The maximum absolute atomic E-state index is 12.2. The molecule has 0 aliphatic rings. The van der Waals surface area contributed by atoms with Crippen LogP contribution in [0.2, 0.25) is 0 Å². The lowest BCUT2D eigenvalue weighted by atomic mass is 10.2. The van der Waals surface area contributed by atoms with Crippen molar-refractivity contribution < 1.29 is 28.2 Å². The molecule has 4 rings (SSSR count). The van der Waals surface area contributed by atoms with Gasteiger partial charge in [-0.1, -0.05) is 18.2 Å². The zero-order valence-electron chi connectivity index (χ0n) is 17.9. The minimum absolute atomic E-state index is 0.0996. The molecule has 32 heavy (non-hydrogen) atoms. The molecule has 164 valence electrons. The van der Waals surface area contributed by atoms with Crippen LogP contribution in [0.15, 0.2) is 65.1 Å². The second-order valence-corrected chi connectivity index (χ2v) is 6.77. The Bertz CT molecular complexity index is 1210. The highest BCUT2D eigenvalue weighted by atomic mass is 16.5. The monoisotopic (exact) mass is 434 g/mol. The van der Waals surface area contributed by atoms with Crippen LogP contribution in [0, 0.1) is 0 Å². The molecular formula is C24H22N2O6. The van der Waals surface area contributed by atoms with E-state index in [1.807, 2.05) is 18.2 Å². The summed E-state index contributed by atoms with van der Waals surface area (Å²) in [4.78, 5) is 16.8. The Labute approximate surface area is 184 Å². The number of nitrogens with zero attached hydrogens (tertiary/aromatic N) is 1. The summed E-state index contributed by atoms with van der Waals surface area (Å²) in [6, 6.07) is 17.9. The molecule has 1 aromatic heterocycles. The highest BCUT2D eigenvalue weighted by Gasteiger charge is 2.17. The number of hydrogen-bond acceptors (Lipinski definition) is 7. The van der Waals surface area contributed by atoms with Gasteiger partial charge < -0.3 is 28.7 Å². The lowest BCUT2D eigenvalue weighted by Crippen LogP contribution is -2.20. The van der Waals surface area contributed by atoms with Crippen molar-refractivity contribution in [1.82, 2.24) is 4.98 Å². The Hall–Kier alpha value is -4.20. The van der Waals surface area contributed by atoms with Crippen LogP contribution in [0.1, 0.15) is 0 Å². The predicted octanol–water partition coefficient (Wildman–Crippen LogP) is 4.54. The van der Waals surface area contributed by atoms with Gasteiger partial charge in [-0.05, 0) is 42.5 Å². The van der Waals surface area contributed by atoms with E-state index in [2.05, 4.69) is 10.3 Å². The molecule has 8 heteroatoms. The van der Waals surface area contributed by atoms with Gasteiger partial charge in [0, 0.05) is 11.3 Å². The van der Waals surface area contributed by atoms with Gasteiger partial charge in [-0.2, -0.15) is 0 Å². The molecule has 3 aromatic carbocycles. The van der Waals surface area contributed by atoms with Crippen molar-refractivity contribution in [2.45, 2.75) is 0 Å². The molecule has 1 N–H and O–H groups in total. The zero-order valence-corrected chi connectivity index (χ0v) is 17.9. The molecule has 0 saturated carbocycles. The molecule has 0 aliphatic heterocycles. The Balaban J connectivity index is 1.54. The first-order valence-corrected chi connectivity index (χ1v) is 9.80. The molecule has 0 unspecified atom stereocenters. The van der Waals surface area contributed by atoms with Crippen molar-refractivity contribution in [3.63, 3.8) is 0 Å². The molecule has 0 saturated heterocycles. The van der Waals surface area contributed by atoms with Gasteiger partial charge in [0.15, 0.2) is 23.7 Å². The van der Waals surface area contributed by atoms with Crippen LogP contribution in [0.25, 0.3) is 22.6 Å². The summed E-state index contributed by atoms with van der Waals surface area (Å²) < 4.78 is 27.5. The number of amides is 1. The number of anilines is 1. The number of aromatic nitrogens is 1. The largest absolute Gasteiger partial charge is 0.493 e. The number of carbonyl (C=O) groups excluding carboxylic acids is 1. The molecule has 0 spiro atoms. The molecule has 1 heterocycles. The van der Waals surface area contributed by atoms with E-state index in [0.29, 0.717) is 51.2 Å². The number of ether oxygens (including phenoxy) is 4. The second-order valence-electron chi connectivity index (χ2n) is 6.77. The molecule has 0 atom stereocenters. The highest BCUT2D eigenvalue weighted by molar-refractivity contribution is 5.94. The molecule has 0 aliphatic carbocycles. The number of benzene rings is 3. The Morgan fingerprint density at radius 3 is 2.31 bits per heavy atom. The Kier molecular flexibility index (Phi) is 6.12. The topological polar surface area (TPSA) is 92.1 Å². The summed E-state index contributed by atoms with van der Waals surface area (Å²) in [7, 11) is 4.63. The van der Waals surface area contributed by atoms with E-state index in [1.54, 1.807) is 63.8 Å². The fourth-order valence-electron chi connectivity index (χ4n) is 3.20. The summed E-state index contributed by atoms with van der Waals surface area (Å²) in [6.07, 6.45) is 0. The maximum Gasteiger partial charge on any atom is 0.262 e. The van der Waals surface area contributed by atoms with Gasteiger partial charge in [0.1, 0.15) is 11.3 Å². The number of carbonyl (C=O) groups is 1. The second kappa shape index (κ2) is 9.30. The number of para-hydroxylation sites is 1. The quantitative estimate of drug-likeness (QED) is 0.435. The third-order valence-electron chi connectivity index (χ3n) is 4.70. The molecule has 4 aromatic rings. The lowest BCUT2D eigenvalue weighted by Gasteiger charge is -2.12. The Morgan fingerprint density at radius 1 is 0.938 bits per heavy atom. The molecule has 0 bridgehead atoms. The van der Waals surface area contributed by atoms with Gasteiger partial charge in [-0.15, -0.1) is 0 Å². The first-order chi connectivity index (χ1) is 15.6. The average molecular weight is 434 g/mol. The van der Waals surface area contributed by atoms with Crippen LogP contribution in [0.5, 0.6) is 23.0 Å². The van der Waals surface area contributed by atoms with Gasteiger partial charge in [0.2, 0.25) is 11.6 Å². The van der Waals surface area contributed by atoms with E-state index in [0.717, 1.165) is 0 Å². The first kappa shape index (κ1) is 21.0. The predicted molar refractivity (Wildman–Crippen MR) is 120 cm³/mol. The maximum atomic E-state index is 12.2. The number of methoxy groups -OCH3 is 3. The molecule has 0 fully saturated rings.